The van der Waals surface area contributed by atoms with Crippen molar-refractivity contribution in [3.63, 3.8) is 0 Å². The van der Waals surface area contributed by atoms with Crippen molar-refractivity contribution in [2.24, 2.45) is 0 Å². The molecule has 0 spiro atoms. The first-order valence-electron chi connectivity index (χ1n) is 7.72. The van der Waals surface area contributed by atoms with Crippen molar-refractivity contribution < 1.29 is 39.9 Å². The molecule has 3 rings (SSSR count). The molecule has 0 radical (unpaired) electrons. The number of aromatic amines is 2. The van der Waals surface area contributed by atoms with Crippen LogP contribution in [-0.2, 0) is 12.1 Å². The Hall–Kier alpha value is -3.23. The minimum absolute atomic E-state index is 0.223. The number of alkyl halides is 8. The maximum atomic E-state index is 14.1. The van der Waals surface area contributed by atoms with Crippen LogP contribution in [0.2, 0.25) is 5.02 Å². The third kappa shape index (κ3) is 4.30. The molecule has 2 N–H and O–H groups in total. The molecule has 0 bridgehead atoms. The maximum Gasteiger partial charge on any atom is 0.459 e. The van der Waals surface area contributed by atoms with Gasteiger partial charge in [0.2, 0.25) is 11.6 Å². The van der Waals surface area contributed by atoms with E-state index < -0.39 is 63.3 Å². The number of halogens is 9. The molecule has 0 atom stereocenters. The predicted molar refractivity (Wildman–Crippen MR) is 86.7 cm³/mol. The van der Waals surface area contributed by atoms with Crippen LogP contribution in [0.5, 0.6) is 11.5 Å². The molecule has 0 aliphatic rings. The van der Waals surface area contributed by atoms with Crippen molar-refractivity contribution in [2.45, 2.75) is 18.3 Å². The molecule has 166 valence electrons. The molecule has 0 unspecified atom stereocenters. The quantitative estimate of drug-likeness (QED) is 0.534. The summed E-state index contributed by atoms with van der Waals surface area (Å²) in [5.41, 5.74) is -5.33. The molecule has 3 aromatic rings. The highest BCUT2D eigenvalue weighted by Gasteiger charge is 2.62. The van der Waals surface area contributed by atoms with E-state index in [-0.39, 0.29) is 6.07 Å². The van der Waals surface area contributed by atoms with E-state index in [1.165, 1.54) is 0 Å². The van der Waals surface area contributed by atoms with Gasteiger partial charge < -0.3 is 9.72 Å². The number of ether oxygens (including phenoxy) is 1. The number of H-pyrrole nitrogens is 2. The van der Waals surface area contributed by atoms with Gasteiger partial charge in [0.1, 0.15) is 12.1 Å². The number of rotatable bonds is 4. The average molecular weight is 476 g/mol. The van der Waals surface area contributed by atoms with E-state index >= 15 is 0 Å². The lowest BCUT2D eigenvalue weighted by atomic mass is 10.2. The Morgan fingerprint density at radius 1 is 1.03 bits per heavy atom. The Bertz CT molecular complexity index is 1160. The first-order chi connectivity index (χ1) is 14.2. The average Bonchev–Trinajstić information content (AvgIpc) is 3.17. The van der Waals surface area contributed by atoms with Crippen LogP contribution in [0.3, 0.4) is 0 Å². The van der Waals surface area contributed by atoms with Crippen LogP contribution in [-0.4, -0.2) is 31.3 Å². The molecule has 31 heavy (non-hydrogen) atoms. The van der Waals surface area contributed by atoms with E-state index in [4.69, 9.17) is 16.3 Å². The highest BCUT2D eigenvalue weighted by atomic mass is 35.5. The summed E-state index contributed by atoms with van der Waals surface area (Å²) in [5, 5.41) is 4.73. The summed E-state index contributed by atoms with van der Waals surface area (Å²) in [7, 11) is 0. The number of hydrogen-bond acceptors (Lipinski definition) is 5. The van der Waals surface area contributed by atoms with E-state index in [0.29, 0.717) is 6.07 Å². The van der Waals surface area contributed by atoms with Gasteiger partial charge in [-0.1, -0.05) is 11.6 Å². The zero-order valence-corrected chi connectivity index (χ0v) is 15.1. The van der Waals surface area contributed by atoms with Gasteiger partial charge in [-0.05, 0) is 18.2 Å². The number of benzene rings is 1. The second-order valence-electron chi connectivity index (χ2n) is 5.73. The number of aromatic nitrogens is 5. The number of hydrogen-bond donors (Lipinski definition) is 2. The molecule has 1 aromatic carbocycles. The van der Waals surface area contributed by atoms with Crippen LogP contribution >= 0.6 is 11.6 Å². The number of nitrogens with one attached hydrogen (secondary N) is 2. The number of nitrogens with zero attached hydrogens (tertiary/aromatic N) is 3. The summed E-state index contributed by atoms with van der Waals surface area (Å²) in [6, 6.07) is 1.61. The molecule has 0 saturated heterocycles. The fourth-order valence-corrected chi connectivity index (χ4v) is 2.46. The lowest BCUT2D eigenvalue weighted by molar-refractivity contribution is -0.291. The lowest BCUT2D eigenvalue weighted by Gasteiger charge is -2.21. The van der Waals surface area contributed by atoms with E-state index in [1.807, 2.05) is 4.98 Å². The van der Waals surface area contributed by atoms with Gasteiger partial charge in [0.05, 0.1) is 10.6 Å². The zero-order valence-electron chi connectivity index (χ0n) is 14.4. The van der Waals surface area contributed by atoms with Crippen LogP contribution in [0, 0.1) is 0 Å². The van der Waals surface area contributed by atoms with E-state index in [0.717, 1.165) is 12.4 Å². The van der Waals surface area contributed by atoms with Gasteiger partial charge in [0.25, 0.3) is 5.56 Å². The predicted octanol–water partition coefficient (Wildman–Crippen LogP) is 4.67. The Labute approximate surface area is 170 Å². The van der Waals surface area contributed by atoms with Crippen LogP contribution in [0.25, 0.3) is 11.6 Å². The molecular formula is C15H6ClF8N5O2. The second-order valence-corrected chi connectivity index (χ2v) is 6.14. The van der Waals surface area contributed by atoms with Gasteiger partial charge in [-0.25, -0.2) is 9.97 Å². The Kier molecular flexibility index (Phi) is 5.41. The first-order valence-corrected chi connectivity index (χ1v) is 8.09. The van der Waals surface area contributed by atoms with E-state index in [2.05, 4.69) is 20.2 Å². The minimum atomic E-state index is -6.22. The minimum Gasteiger partial charge on any atom is -0.449 e. The summed E-state index contributed by atoms with van der Waals surface area (Å²) in [5.74, 6) is -9.70. The molecule has 2 aromatic heterocycles. The summed E-state index contributed by atoms with van der Waals surface area (Å²) in [4.78, 5) is 20.6. The van der Waals surface area contributed by atoms with Gasteiger partial charge in [0.15, 0.2) is 11.5 Å². The summed E-state index contributed by atoms with van der Waals surface area (Å²) in [6.07, 6.45) is -10.3. The third-order valence-electron chi connectivity index (χ3n) is 3.62. The largest absolute Gasteiger partial charge is 0.459 e. The monoisotopic (exact) mass is 475 g/mol. The molecule has 7 nitrogen and oxygen atoms in total. The molecule has 2 heterocycles. The van der Waals surface area contributed by atoms with E-state index in [9.17, 15) is 39.9 Å². The normalized spacial score (nSPS) is 12.8. The zero-order chi connectivity index (χ0) is 23.2. The van der Waals surface area contributed by atoms with Gasteiger partial charge in [-0.15, -0.1) is 0 Å². The van der Waals surface area contributed by atoms with Crippen molar-refractivity contribution in [3.8, 4) is 23.1 Å². The highest BCUT2D eigenvalue weighted by Crippen LogP contribution is 2.46. The molecule has 0 aliphatic carbocycles. The molecule has 0 amide bonds. The van der Waals surface area contributed by atoms with Gasteiger partial charge in [-0.3, -0.25) is 9.89 Å². The SMILES string of the molecule is O=c1[nH]c(-c2nc[nH]n2)nc(C(F)(F)C(F)(F)F)c1Oc1ccc(Cl)c(C(F)(F)F)c1. The van der Waals surface area contributed by atoms with Crippen LogP contribution in [0.4, 0.5) is 35.1 Å². The van der Waals surface area contributed by atoms with Gasteiger partial charge >= 0.3 is 18.3 Å². The van der Waals surface area contributed by atoms with Crippen molar-refractivity contribution in [3.05, 3.63) is 51.2 Å². The smallest absolute Gasteiger partial charge is 0.449 e. The molecule has 16 heteroatoms. The molecule has 0 fully saturated rings. The second kappa shape index (κ2) is 7.47. The van der Waals surface area contributed by atoms with Crippen LogP contribution < -0.4 is 10.3 Å². The maximum absolute atomic E-state index is 14.1. The van der Waals surface area contributed by atoms with Crippen molar-refractivity contribution in [2.75, 3.05) is 0 Å². The highest BCUT2D eigenvalue weighted by molar-refractivity contribution is 6.31. The topological polar surface area (TPSA) is 96.6 Å². The Morgan fingerprint density at radius 3 is 2.26 bits per heavy atom. The van der Waals surface area contributed by atoms with Crippen molar-refractivity contribution in [1.82, 2.24) is 25.1 Å². The van der Waals surface area contributed by atoms with Gasteiger partial charge in [0, 0.05) is 0 Å². The molecule has 0 saturated carbocycles. The summed E-state index contributed by atoms with van der Waals surface area (Å²) >= 11 is 5.42. The standard InChI is InChI=1S/C15H6ClF8N5O2/c16-7-2-1-5(3-6(7)14(19,20)21)31-8-9(13(17,18)15(22,23)24)27-11(28-12(8)30)10-25-4-26-29-10/h1-4H,(H,25,26,29)(H,27,28,30). The third-order valence-corrected chi connectivity index (χ3v) is 3.95. The van der Waals surface area contributed by atoms with E-state index in [1.54, 1.807) is 0 Å². The van der Waals surface area contributed by atoms with Gasteiger partial charge in [-0.2, -0.15) is 40.2 Å². The molecular weight excluding hydrogens is 470 g/mol. The first kappa shape index (κ1) is 22.5. The molecule has 0 aliphatic heterocycles. The Balaban J connectivity index is 2.20. The fourth-order valence-electron chi connectivity index (χ4n) is 2.24. The van der Waals surface area contributed by atoms with Crippen LogP contribution in [0.15, 0.2) is 29.3 Å². The lowest BCUT2D eigenvalue weighted by Crippen LogP contribution is -2.36. The van der Waals surface area contributed by atoms with Crippen molar-refractivity contribution >= 4 is 11.6 Å². The fraction of sp³-hybridized carbons (Fsp3) is 0.200. The summed E-state index contributed by atoms with van der Waals surface area (Å²) in [6.45, 7) is 0. The Morgan fingerprint density at radius 2 is 1.71 bits per heavy atom. The summed E-state index contributed by atoms with van der Waals surface area (Å²) < 4.78 is 111. The van der Waals surface area contributed by atoms with Crippen molar-refractivity contribution in [1.29, 1.82) is 0 Å². The van der Waals surface area contributed by atoms with Crippen LogP contribution in [0.1, 0.15) is 11.3 Å².